The van der Waals surface area contributed by atoms with E-state index in [2.05, 4.69) is 5.32 Å². The van der Waals surface area contributed by atoms with Crippen molar-refractivity contribution in [2.24, 2.45) is 0 Å². The molecule has 0 fully saturated rings. The summed E-state index contributed by atoms with van der Waals surface area (Å²) in [6, 6.07) is 13.9. The number of nitrogens with one attached hydrogen (secondary N) is 1. The minimum absolute atomic E-state index is 0.0417. The zero-order valence-electron chi connectivity index (χ0n) is 12.8. The number of hydrogen-bond acceptors (Lipinski definition) is 4. The minimum Gasteiger partial charge on any atom is -0.504 e. The number of phenols is 1. The maximum atomic E-state index is 11.8. The van der Waals surface area contributed by atoms with Crippen LogP contribution in [-0.4, -0.2) is 29.8 Å². The van der Waals surface area contributed by atoms with Gasteiger partial charge in [0.15, 0.2) is 11.5 Å². The Bertz CT molecular complexity index is 683. The lowest BCUT2D eigenvalue weighted by Gasteiger charge is -2.11. The van der Waals surface area contributed by atoms with Gasteiger partial charge in [-0.1, -0.05) is 36.4 Å². The van der Waals surface area contributed by atoms with E-state index in [9.17, 15) is 15.0 Å². The van der Waals surface area contributed by atoms with Crippen LogP contribution in [0, 0.1) is 0 Å². The summed E-state index contributed by atoms with van der Waals surface area (Å²) < 4.78 is 5.00. The summed E-state index contributed by atoms with van der Waals surface area (Å²) >= 11 is 0. The molecule has 1 atom stereocenters. The number of benzene rings is 2. The van der Waals surface area contributed by atoms with Gasteiger partial charge in [0.2, 0.25) is 5.91 Å². The second-order valence-electron chi connectivity index (χ2n) is 4.94. The first-order chi connectivity index (χ1) is 11.1. The van der Waals surface area contributed by atoms with Crippen LogP contribution in [0.15, 0.2) is 54.6 Å². The fourth-order valence-corrected chi connectivity index (χ4v) is 2.02. The molecule has 0 saturated heterocycles. The van der Waals surface area contributed by atoms with Crippen molar-refractivity contribution in [3.8, 4) is 11.5 Å². The highest BCUT2D eigenvalue weighted by molar-refractivity contribution is 5.91. The molecule has 5 nitrogen and oxygen atoms in total. The van der Waals surface area contributed by atoms with Gasteiger partial charge in [-0.25, -0.2) is 0 Å². The first-order valence-corrected chi connectivity index (χ1v) is 7.16. The summed E-state index contributed by atoms with van der Waals surface area (Å²) in [4.78, 5) is 11.8. The van der Waals surface area contributed by atoms with Crippen molar-refractivity contribution in [1.29, 1.82) is 0 Å². The van der Waals surface area contributed by atoms with Gasteiger partial charge in [0.25, 0.3) is 0 Å². The van der Waals surface area contributed by atoms with E-state index in [-0.39, 0.29) is 18.2 Å². The van der Waals surface area contributed by atoms with Gasteiger partial charge in [-0.3, -0.25) is 4.79 Å². The third-order valence-corrected chi connectivity index (χ3v) is 3.28. The van der Waals surface area contributed by atoms with Crippen LogP contribution >= 0.6 is 0 Å². The Hall–Kier alpha value is -2.79. The Morgan fingerprint density at radius 3 is 2.70 bits per heavy atom. The molecule has 5 heteroatoms. The molecule has 0 aliphatic rings. The second kappa shape index (κ2) is 8.00. The molecule has 1 amide bonds. The monoisotopic (exact) mass is 313 g/mol. The van der Waals surface area contributed by atoms with Crippen LogP contribution in [0.2, 0.25) is 0 Å². The number of ether oxygens (including phenoxy) is 1. The number of hydrogen-bond donors (Lipinski definition) is 3. The van der Waals surface area contributed by atoms with Crippen LogP contribution in [0.25, 0.3) is 6.08 Å². The third kappa shape index (κ3) is 4.86. The highest BCUT2D eigenvalue weighted by Crippen LogP contribution is 2.26. The molecule has 0 saturated carbocycles. The summed E-state index contributed by atoms with van der Waals surface area (Å²) in [5.41, 5.74) is 1.47. The number of rotatable bonds is 6. The van der Waals surface area contributed by atoms with Gasteiger partial charge >= 0.3 is 0 Å². The highest BCUT2D eigenvalue weighted by Gasteiger charge is 2.07. The van der Waals surface area contributed by atoms with Gasteiger partial charge in [-0.05, 0) is 29.3 Å². The predicted molar refractivity (Wildman–Crippen MR) is 88.1 cm³/mol. The molecule has 0 heterocycles. The van der Waals surface area contributed by atoms with Gasteiger partial charge in [-0.2, -0.15) is 0 Å². The Morgan fingerprint density at radius 1 is 1.26 bits per heavy atom. The number of aliphatic hydroxyl groups excluding tert-OH is 1. The van der Waals surface area contributed by atoms with Crippen LogP contribution in [-0.2, 0) is 4.79 Å². The number of methoxy groups -OCH3 is 1. The quantitative estimate of drug-likeness (QED) is 0.715. The van der Waals surface area contributed by atoms with Gasteiger partial charge in [-0.15, -0.1) is 0 Å². The van der Waals surface area contributed by atoms with Crippen LogP contribution in [0.4, 0.5) is 0 Å². The molecular formula is C18H19NO4. The predicted octanol–water partition coefficient (Wildman–Crippen LogP) is 2.26. The largest absolute Gasteiger partial charge is 0.504 e. The van der Waals surface area contributed by atoms with E-state index in [4.69, 9.17) is 4.74 Å². The fourth-order valence-electron chi connectivity index (χ4n) is 2.02. The van der Waals surface area contributed by atoms with Gasteiger partial charge in [0, 0.05) is 12.6 Å². The molecule has 3 N–H and O–H groups in total. The van der Waals surface area contributed by atoms with E-state index < -0.39 is 6.10 Å². The first-order valence-electron chi connectivity index (χ1n) is 7.16. The van der Waals surface area contributed by atoms with Crippen molar-refractivity contribution in [2.75, 3.05) is 13.7 Å². The molecule has 0 unspecified atom stereocenters. The Balaban J connectivity index is 1.89. The highest BCUT2D eigenvalue weighted by atomic mass is 16.5. The van der Waals surface area contributed by atoms with E-state index >= 15 is 0 Å². The molecule has 23 heavy (non-hydrogen) atoms. The summed E-state index contributed by atoms with van der Waals surface area (Å²) in [5, 5.41) is 22.1. The number of carbonyl (C=O) groups is 1. The van der Waals surface area contributed by atoms with E-state index in [1.165, 1.54) is 19.3 Å². The molecule has 0 aliphatic carbocycles. The molecule has 0 aliphatic heterocycles. The lowest BCUT2D eigenvalue weighted by atomic mass is 10.1. The molecule has 0 aromatic heterocycles. The molecule has 0 radical (unpaired) electrons. The van der Waals surface area contributed by atoms with Crippen molar-refractivity contribution >= 4 is 12.0 Å². The van der Waals surface area contributed by atoms with Crippen molar-refractivity contribution in [3.63, 3.8) is 0 Å². The lowest BCUT2D eigenvalue weighted by Crippen LogP contribution is -2.26. The molecule has 2 rings (SSSR count). The lowest BCUT2D eigenvalue weighted by molar-refractivity contribution is -0.116. The Kier molecular flexibility index (Phi) is 5.77. The molecule has 2 aromatic rings. The number of aliphatic hydroxyl groups is 1. The van der Waals surface area contributed by atoms with Gasteiger partial charge < -0.3 is 20.3 Å². The molecule has 2 aromatic carbocycles. The maximum absolute atomic E-state index is 11.8. The summed E-state index contributed by atoms with van der Waals surface area (Å²) in [6.07, 6.45) is 2.22. The van der Waals surface area contributed by atoms with Crippen molar-refractivity contribution in [3.05, 3.63) is 65.7 Å². The van der Waals surface area contributed by atoms with Gasteiger partial charge in [0.05, 0.1) is 13.2 Å². The summed E-state index contributed by atoms with van der Waals surface area (Å²) in [5.74, 6) is 0.0687. The zero-order chi connectivity index (χ0) is 16.7. The van der Waals surface area contributed by atoms with Crippen LogP contribution in [0.1, 0.15) is 17.2 Å². The van der Waals surface area contributed by atoms with E-state index in [1.54, 1.807) is 30.3 Å². The molecule has 0 bridgehead atoms. The van der Waals surface area contributed by atoms with Gasteiger partial charge in [0.1, 0.15) is 0 Å². The normalized spacial score (nSPS) is 12.1. The van der Waals surface area contributed by atoms with Crippen LogP contribution in [0.5, 0.6) is 11.5 Å². The average molecular weight is 313 g/mol. The molecular weight excluding hydrogens is 294 g/mol. The van der Waals surface area contributed by atoms with Crippen LogP contribution in [0.3, 0.4) is 0 Å². The van der Waals surface area contributed by atoms with Crippen LogP contribution < -0.4 is 10.1 Å². The third-order valence-electron chi connectivity index (χ3n) is 3.28. The fraction of sp³-hybridized carbons (Fsp3) is 0.167. The SMILES string of the molecule is COc1cc(C=CC(=O)NC[C@@H](O)c2ccccc2)ccc1O. The first kappa shape index (κ1) is 16.6. The van der Waals surface area contributed by atoms with E-state index in [0.717, 1.165) is 11.1 Å². The van der Waals surface area contributed by atoms with Crippen molar-refractivity contribution < 1.29 is 19.7 Å². The second-order valence-corrected chi connectivity index (χ2v) is 4.94. The Labute approximate surface area is 134 Å². The minimum atomic E-state index is -0.748. The average Bonchev–Trinajstić information content (AvgIpc) is 2.59. The number of carbonyl (C=O) groups excluding carboxylic acids is 1. The smallest absolute Gasteiger partial charge is 0.244 e. The standard InChI is InChI=1S/C18H19NO4/c1-23-17-11-13(7-9-15(17)20)8-10-18(22)19-12-16(21)14-5-3-2-4-6-14/h2-11,16,20-21H,12H2,1H3,(H,19,22)/t16-/m1/s1. The number of phenolic OH excluding ortho intramolecular Hbond substituents is 1. The molecule has 0 spiro atoms. The van der Waals surface area contributed by atoms with Crippen molar-refractivity contribution in [2.45, 2.75) is 6.10 Å². The van der Waals surface area contributed by atoms with E-state index in [1.807, 2.05) is 18.2 Å². The summed E-state index contributed by atoms with van der Waals surface area (Å²) in [6.45, 7) is 0.131. The number of amides is 1. The van der Waals surface area contributed by atoms with Crippen molar-refractivity contribution in [1.82, 2.24) is 5.32 Å². The number of aromatic hydroxyl groups is 1. The zero-order valence-corrected chi connectivity index (χ0v) is 12.8. The Morgan fingerprint density at radius 2 is 2.00 bits per heavy atom. The van der Waals surface area contributed by atoms with E-state index in [0.29, 0.717) is 5.75 Å². The molecule has 120 valence electrons. The summed E-state index contributed by atoms with van der Waals surface area (Å²) in [7, 11) is 1.46. The topological polar surface area (TPSA) is 78.8 Å². The maximum Gasteiger partial charge on any atom is 0.244 e.